The Hall–Kier alpha value is 0.280. The normalized spacial score (nSPS) is 11.1. The van der Waals surface area contributed by atoms with Crippen LogP contribution in [0.4, 0.5) is 0 Å². The minimum absolute atomic E-state index is 1.10. The summed E-state index contributed by atoms with van der Waals surface area (Å²) in [5.41, 5.74) is 2.40. The molecule has 0 aliphatic carbocycles. The lowest BCUT2D eigenvalue weighted by Crippen LogP contribution is -1.84. The number of rotatable bonds is 2. The van der Waals surface area contributed by atoms with E-state index in [2.05, 4.69) is 41.1 Å². The minimum atomic E-state index is 1.10. The third kappa shape index (κ3) is 1.95. The first-order valence-electron chi connectivity index (χ1n) is 3.95. The maximum atomic E-state index is 5.01. The van der Waals surface area contributed by atoms with Crippen molar-refractivity contribution in [3.8, 4) is 0 Å². The van der Waals surface area contributed by atoms with Crippen molar-refractivity contribution in [1.29, 1.82) is 0 Å². The molecular weight excluding hydrogens is 377 g/mol. The van der Waals surface area contributed by atoms with Crippen molar-refractivity contribution in [2.75, 3.05) is 0 Å². The fraction of sp³-hybridized carbons (Fsp3) is 0.111. The predicted molar refractivity (Wildman–Crippen MR) is 72.5 cm³/mol. The van der Waals surface area contributed by atoms with Crippen LogP contribution in [-0.4, -0.2) is 3.97 Å². The number of hydrogen-bond acceptors (Lipinski definition) is 2. The van der Waals surface area contributed by atoms with E-state index in [0.717, 1.165) is 9.99 Å². The first-order valence-corrected chi connectivity index (χ1v) is 6.32. The maximum absolute atomic E-state index is 5.01. The molecule has 0 radical (unpaired) electrons. The number of aryl methyl sites for hydroxylation is 1. The topological polar surface area (TPSA) is 14.2 Å². The highest BCUT2D eigenvalue weighted by Crippen LogP contribution is 2.30. The molecule has 5 heteroatoms. The van der Waals surface area contributed by atoms with E-state index in [-0.39, 0.29) is 0 Å². The molecular formula is C9H7BrINOS. The molecule has 0 N–H and O–H groups in total. The third-order valence-electron chi connectivity index (χ3n) is 1.96. The van der Waals surface area contributed by atoms with Crippen LogP contribution in [0, 0.1) is 6.92 Å². The van der Waals surface area contributed by atoms with Gasteiger partial charge in [0.05, 0.1) is 5.52 Å². The Morgan fingerprint density at radius 3 is 3.00 bits per heavy atom. The Balaban J connectivity index is 2.66. The number of benzene rings is 1. The van der Waals surface area contributed by atoms with E-state index < -0.39 is 0 Å². The molecule has 74 valence electrons. The Morgan fingerprint density at radius 1 is 1.50 bits per heavy atom. The fourth-order valence-electron chi connectivity index (χ4n) is 1.44. The van der Waals surface area contributed by atoms with E-state index in [9.17, 15) is 0 Å². The van der Waals surface area contributed by atoms with Crippen molar-refractivity contribution in [2.45, 2.75) is 6.92 Å². The lowest BCUT2D eigenvalue weighted by atomic mass is 10.2. The van der Waals surface area contributed by atoms with Gasteiger partial charge in [0, 0.05) is 16.1 Å². The van der Waals surface area contributed by atoms with E-state index in [0.29, 0.717) is 0 Å². The molecule has 0 atom stereocenters. The molecule has 0 bridgehead atoms. The van der Waals surface area contributed by atoms with Crippen LogP contribution < -0.4 is 0 Å². The SMILES string of the molecule is Cc1cc(Br)c2c(ccn2SOI)c1. The quantitative estimate of drug-likeness (QED) is 0.560. The van der Waals surface area contributed by atoms with E-state index in [1.54, 1.807) is 0 Å². The van der Waals surface area contributed by atoms with Gasteiger partial charge in [-0.05, 0) is 46.6 Å². The van der Waals surface area contributed by atoms with Gasteiger partial charge in [-0.15, -0.1) is 0 Å². The van der Waals surface area contributed by atoms with Gasteiger partial charge in [0.15, 0.2) is 0 Å². The van der Waals surface area contributed by atoms with Gasteiger partial charge >= 0.3 is 0 Å². The first kappa shape index (κ1) is 10.8. The van der Waals surface area contributed by atoms with Crippen molar-refractivity contribution >= 4 is 62.1 Å². The molecule has 2 rings (SSSR count). The Morgan fingerprint density at radius 2 is 2.29 bits per heavy atom. The van der Waals surface area contributed by atoms with Crippen LogP contribution in [-0.2, 0) is 2.51 Å². The molecule has 0 fully saturated rings. The van der Waals surface area contributed by atoms with Crippen molar-refractivity contribution in [2.24, 2.45) is 0 Å². The summed E-state index contributed by atoms with van der Waals surface area (Å²) in [7, 11) is 0. The molecule has 0 amide bonds. The van der Waals surface area contributed by atoms with E-state index >= 15 is 0 Å². The summed E-state index contributed by atoms with van der Waals surface area (Å²) in [6.07, 6.45) is 2.00. The third-order valence-corrected chi connectivity index (χ3v) is 3.56. The van der Waals surface area contributed by atoms with Gasteiger partial charge in [-0.25, -0.2) is 2.51 Å². The highest BCUT2D eigenvalue weighted by atomic mass is 127. The second-order valence-corrected chi connectivity index (χ2v) is 5.57. The highest BCUT2D eigenvalue weighted by Gasteiger charge is 2.06. The summed E-state index contributed by atoms with van der Waals surface area (Å²) in [5.74, 6) is 0. The number of hydrogen-bond donors (Lipinski definition) is 0. The van der Waals surface area contributed by atoms with Gasteiger partial charge in [-0.2, -0.15) is 0 Å². The van der Waals surface area contributed by atoms with Crippen LogP contribution in [0.3, 0.4) is 0 Å². The average molecular weight is 384 g/mol. The zero-order chi connectivity index (χ0) is 10.1. The summed E-state index contributed by atoms with van der Waals surface area (Å²) >= 11 is 6.73. The lowest BCUT2D eigenvalue weighted by molar-refractivity contribution is 0.831. The molecule has 0 spiro atoms. The monoisotopic (exact) mass is 383 g/mol. The van der Waals surface area contributed by atoms with E-state index in [1.165, 1.54) is 23.2 Å². The zero-order valence-electron chi connectivity index (χ0n) is 7.33. The van der Waals surface area contributed by atoms with Crippen molar-refractivity contribution in [3.63, 3.8) is 0 Å². The summed E-state index contributed by atoms with van der Waals surface area (Å²) in [4.78, 5) is 0. The van der Waals surface area contributed by atoms with Crippen molar-refractivity contribution in [3.05, 3.63) is 34.4 Å². The molecule has 0 saturated heterocycles. The molecule has 0 aliphatic rings. The van der Waals surface area contributed by atoms with Crippen LogP contribution in [0.2, 0.25) is 0 Å². The van der Waals surface area contributed by atoms with Gasteiger partial charge in [-0.3, -0.25) is 3.97 Å². The van der Waals surface area contributed by atoms with Crippen molar-refractivity contribution < 1.29 is 2.51 Å². The number of fused-ring (bicyclic) bond motifs is 1. The van der Waals surface area contributed by atoms with Crippen molar-refractivity contribution in [1.82, 2.24) is 3.97 Å². The largest absolute Gasteiger partial charge is 0.266 e. The smallest absolute Gasteiger partial charge is 0.129 e. The Bertz CT molecular complexity index is 471. The van der Waals surface area contributed by atoms with Crippen LogP contribution in [0.1, 0.15) is 5.56 Å². The van der Waals surface area contributed by atoms with Gasteiger partial charge < -0.3 is 0 Å². The van der Waals surface area contributed by atoms with Crippen LogP contribution >= 0.6 is 51.2 Å². The van der Waals surface area contributed by atoms with Gasteiger partial charge in [0.1, 0.15) is 35.2 Å². The summed E-state index contributed by atoms with van der Waals surface area (Å²) in [5, 5.41) is 1.22. The van der Waals surface area contributed by atoms with Crippen LogP contribution in [0.15, 0.2) is 28.9 Å². The van der Waals surface area contributed by atoms with Gasteiger partial charge in [-0.1, -0.05) is 0 Å². The number of nitrogens with zero attached hydrogens (tertiary/aromatic N) is 1. The lowest BCUT2D eigenvalue weighted by Gasteiger charge is -2.03. The molecule has 0 saturated carbocycles. The molecule has 0 aliphatic heterocycles. The Labute approximate surface area is 109 Å². The van der Waals surface area contributed by atoms with E-state index in [4.69, 9.17) is 2.51 Å². The maximum Gasteiger partial charge on any atom is 0.129 e. The molecule has 1 aromatic heterocycles. The summed E-state index contributed by atoms with van der Waals surface area (Å²) in [6, 6.07) is 6.34. The average Bonchev–Trinajstić information content (AvgIpc) is 2.49. The second kappa shape index (κ2) is 4.42. The van der Waals surface area contributed by atoms with Gasteiger partial charge in [0.25, 0.3) is 0 Å². The molecule has 1 aromatic carbocycles. The molecule has 1 heterocycles. The summed E-state index contributed by atoms with van der Waals surface area (Å²) < 4.78 is 8.10. The fourth-order valence-corrected chi connectivity index (χ4v) is 3.30. The van der Waals surface area contributed by atoms with Crippen LogP contribution in [0.5, 0.6) is 0 Å². The molecule has 2 aromatic rings. The predicted octanol–water partition coefficient (Wildman–Crippen LogP) is 4.49. The minimum Gasteiger partial charge on any atom is -0.266 e. The number of halogens is 2. The van der Waals surface area contributed by atoms with Gasteiger partial charge in [0.2, 0.25) is 0 Å². The zero-order valence-corrected chi connectivity index (χ0v) is 11.9. The highest BCUT2D eigenvalue weighted by molar-refractivity contribution is 14.1. The second-order valence-electron chi connectivity index (χ2n) is 2.96. The summed E-state index contributed by atoms with van der Waals surface area (Å²) in [6.45, 7) is 2.09. The molecule has 14 heavy (non-hydrogen) atoms. The Kier molecular flexibility index (Phi) is 3.41. The standard InChI is InChI=1S/C9H7BrINOS/c1-6-4-7-2-3-12(14-13-11)9(7)8(10)5-6/h2-5H,1H3. The van der Waals surface area contributed by atoms with Crippen LogP contribution in [0.25, 0.3) is 10.9 Å². The number of aromatic nitrogens is 1. The first-order chi connectivity index (χ1) is 6.72. The molecule has 0 unspecified atom stereocenters. The van der Waals surface area contributed by atoms with E-state index in [1.807, 2.05) is 33.2 Å². The molecule has 2 nitrogen and oxygen atoms in total.